The van der Waals surface area contributed by atoms with Crippen molar-refractivity contribution >= 4 is 11.9 Å². The molecule has 0 amide bonds. The van der Waals surface area contributed by atoms with Crippen LogP contribution in [0.25, 0.3) is 0 Å². The van der Waals surface area contributed by atoms with Crippen LogP contribution in [0.3, 0.4) is 0 Å². The van der Waals surface area contributed by atoms with Gasteiger partial charge in [0, 0.05) is 12.8 Å². The van der Waals surface area contributed by atoms with Gasteiger partial charge in [-0.05, 0) is 25.7 Å². The molecule has 0 spiro atoms. The molecular formula is C24H46O4. The lowest BCUT2D eigenvalue weighted by molar-refractivity contribution is -0.144. The number of ether oxygens (including phenoxy) is 2. The summed E-state index contributed by atoms with van der Waals surface area (Å²) in [6, 6.07) is 0. The summed E-state index contributed by atoms with van der Waals surface area (Å²) in [5.74, 6) is -0.100. The third kappa shape index (κ3) is 21.2. The van der Waals surface area contributed by atoms with Crippen molar-refractivity contribution in [2.45, 2.75) is 129 Å². The van der Waals surface area contributed by atoms with Gasteiger partial charge in [-0.1, -0.05) is 90.9 Å². The number of carbonyl (C=O) groups is 2. The lowest BCUT2D eigenvalue weighted by Crippen LogP contribution is -2.06. The van der Waals surface area contributed by atoms with E-state index in [-0.39, 0.29) is 11.9 Å². The van der Waals surface area contributed by atoms with Crippen LogP contribution in [-0.2, 0) is 19.1 Å². The zero-order chi connectivity index (χ0) is 20.7. The van der Waals surface area contributed by atoms with Crippen molar-refractivity contribution in [2.24, 2.45) is 0 Å². The van der Waals surface area contributed by atoms with Crippen LogP contribution < -0.4 is 0 Å². The van der Waals surface area contributed by atoms with Gasteiger partial charge in [-0.3, -0.25) is 9.59 Å². The van der Waals surface area contributed by atoms with E-state index >= 15 is 0 Å². The lowest BCUT2D eigenvalue weighted by atomic mass is 10.1. The van der Waals surface area contributed by atoms with Crippen molar-refractivity contribution in [1.82, 2.24) is 0 Å². The maximum absolute atomic E-state index is 11.7. The van der Waals surface area contributed by atoms with E-state index in [1.165, 1.54) is 38.5 Å². The van der Waals surface area contributed by atoms with E-state index in [2.05, 4.69) is 13.8 Å². The highest BCUT2D eigenvalue weighted by Crippen LogP contribution is 2.10. The first-order chi connectivity index (χ1) is 13.7. The van der Waals surface area contributed by atoms with Crippen molar-refractivity contribution in [3.63, 3.8) is 0 Å². The second-order valence-electron chi connectivity index (χ2n) is 7.89. The Morgan fingerprint density at radius 2 is 0.786 bits per heavy atom. The van der Waals surface area contributed by atoms with Crippen LogP contribution in [0.4, 0.5) is 0 Å². The van der Waals surface area contributed by atoms with Crippen LogP contribution in [0.1, 0.15) is 129 Å². The van der Waals surface area contributed by atoms with Crippen LogP contribution in [0, 0.1) is 0 Å². The summed E-state index contributed by atoms with van der Waals surface area (Å²) in [6.45, 7) is 5.53. The first-order valence-corrected chi connectivity index (χ1v) is 12.0. The highest BCUT2D eigenvalue weighted by molar-refractivity contribution is 5.69. The molecule has 4 heteroatoms. The van der Waals surface area contributed by atoms with Crippen molar-refractivity contribution in [1.29, 1.82) is 0 Å². The standard InChI is InChI=1S/C24H46O4/c1-3-5-7-8-11-14-18-22-28-24(26)20-16-13-10-9-12-15-19-23(25)27-21-17-6-4-2/h3-22H2,1-2H3. The molecule has 0 saturated heterocycles. The molecule has 0 N–H and O–H groups in total. The van der Waals surface area contributed by atoms with Crippen LogP contribution in [0.15, 0.2) is 0 Å². The Hall–Kier alpha value is -1.06. The molecule has 0 aromatic heterocycles. The summed E-state index contributed by atoms with van der Waals surface area (Å²) < 4.78 is 10.5. The van der Waals surface area contributed by atoms with Gasteiger partial charge in [0.25, 0.3) is 0 Å². The van der Waals surface area contributed by atoms with E-state index in [0.717, 1.165) is 64.2 Å². The molecule has 166 valence electrons. The lowest BCUT2D eigenvalue weighted by Gasteiger charge is -2.06. The molecule has 0 saturated carbocycles. The highest BCUT2D eigenvalue weighted by Gasteiger charge is 2.04. The van der Waals surface area contributed by atoms with E-state index < -0.39 is 0 Å². The smallest absolute Gasteiger partial charge is 0.305 e. The van der Waals surface area contributed by atoms with Crippen LogP contribution >= 0.6 is 0 Å². The number of rotatable bonds is 21. The Bertz CT molecular complexity index is 355. The number of hydrogen-bond acceptors (Lipinski definition) is 4. The van der Waals surface area contributed by atoms with Gasteiger partial charge in [-0.15, -0.1) is 0 Å². The summed E-state index contributed by atoms with van der Waals surface area (Å²) in [7, 11) is 0. The molecule has 0 fully saturated rings. The second kappa shape index (κ2) is 22.2. The predicted molar refractivity (Wildman–Crippen MR) is 116 cm³/mol. The summed E-state index contributed by atoms with van der Waals surface area (Å²) in [5.41, 5.74) is 0. The summed E-state index contributed by atoms with van der Waals surface area (Å²) in [5, 5.41) is 0. The predicted octanol–water partition coefficient (Wildman–Crippen LogP) is 7.13. The minimum absolute atomic E-state index is 0.0446. The van der Waals surface area contributed by atoms with Gasteiger partial charge in [0.1, 0.15) is 0 Å². The summed E-state index contributed by atoms with van der Waals surface area (Å²) in [4.78, 5) is 23.2. The van der Waals surface area contributed by atoms with Crippen LogP contribution in [-0.4, -0.2) is 25.2 Å². The Labute approximate surface area is 174 Å². The third-order valence-electron chi connectivity index (χ3n) is 5.03. The van der Waals surface area contributed by atoms with Gasteiger partial charge < -0.3 is 9.47 Å². The zero-order valence-corrected chi connectivity index (χ0v) is 18.8. The SMILES string of the molecule is CCCCCCCCCOC(=O)CCCCCCCCC(=O)OCCCCC. The van der Waals surface area contributed by atoms with Crippen LogP contribution in [0.2, 0.25) is 0 Å². The first-order valence-electron chi connectivity index (χ1n) is 12.0. The number of carbonyl (C=O) groups excluding carboxylic acids is 2. The molecule has 0 aliphatic carbocycles. The minimum atomic E-state index is -0.0557. The van der Waals surface area contributed by atoms with Crippen LogP contribution in [0.5, 0.6) is 0 Å². The van der Waals surface area contributed by atoms with Crippen molar-refractivity contribution in [3.8, 4) is 0 Å². The molecule has 0 aromatic rings. The highest BCUT2D eigenvalue weighted by atomic mass is 16.5. The maximum atomic E-state index is 11.7. The topological polar surface area (TPSA) is 52.6 Å². The van der Waals surface area contributed by atoms with Gasteiger partial charge in [0.15, 0.2) is 0 Å². The van der Waals surface area contributed by atoms with Gasteiger partial charge in [0.05, 0.1) is 13.2 Å². The van der Waals surface area contributed by atoms with E-state index in [9.17, 15) is 9.59 Å². The van der Waals surface area contributed by atoms with E-state index in [0.29, 0.717) is 26.1 Å². The van der Waals surface area contributed by atoms with E-state index in [1.54, 1.807) is 0 Å². The number of hydrogen-bond donors (Lipinski definition) is 0. The fourth-order valence-electron chi connectivity index (χ4n) is 3.17. The van der Waals surface area contributed by atoms with Crippen molar-refractivity contribution < 1.29 is 19.1 Å². The molecule has 0 bridgehead atoms. The largest absolute Gasteiger partial charge is 0.466 e. The monoisotopic (exact) mass is 398 g/mol. The molecule has 0 aliphatic heterocycles. The van der Waals surface area contributed by atoms with Gasteiger partial charge in [0.2, 0.25) is 0 Å². The molecule has 0 rings (SSSR count). The molecular weight excluding hydrogens is 352 g/mol. The van der Waals surface area contributed by atoms with E-state index in [1.807, 2.05) is 0 Å². The number of unbranched alkanes of at least 4 members (excludes halogenated alkanes) is 13. The third-order valence-corrected chi connectivity index (χ3v) is 5.03. The summed E-state index contributed by atoms with van der Waals surface area (Å²) in [6.07, 6.45) is 19.2. The van der Waals surface area contributed by atoms with Crippen molar-refractivity contribution in [3.05, 3.63) is 0 Å². The number of esters is 2. The Kier molecular flexibility index (Phi) is 21.4. The van der Waals surface area contributed by atoms with Gasteiger partial charge in [-0.2, -0.15) is 0 Å². The second-order valence-corrected chi connectivity index (χ2v) is 7.89. The molecule has 0 heterocycles. The Morgan fingerprint density at radius 3 is 1.25 bits per heavy atom. The molecule has 0 unspecified atom stereocenters. The molecule has 0 aliphatic rings. The summed E-state index contributed by atoms with van der Waals surface area (Å²) >= 11 is 0. The average Bonchev–Trinajstić information content (AvgIpc) is 2.69. The van der Waals surface area contributed by atoms with Gasteiger partial charge >= 0.3 is 11.9 Å². The Balaban J connectivity index is 3.24. The minimum Gasteiger partial charge on any atom is -0.466 e. The molecule has 0 atom stereocenters. The quantitative estimate of drug-likeness (QED) is 0.152. The van der Waals surface area contributed by atoms with Crippen molar-refractivity contribution in [2.75, 3.05) is 13.2 Å². The zero-order valence-electron chi connectivity index (χ0n) is 18.8. The van der Waals surface area contributed by atoms with Gasteiger partial charge in [-0.25, -0.2) is 0 Å². The molecule has 28 heavy (non-hydrogen) atoms. The van der Waals surface area contributed by atoms with E-state index in [4.69, 9.17) is 9.47 Å². The molecule has 4 nitrogen and oxygen atoms in total. The molecule has 0 aromatic carbocycles. The normalized spacial score (nSPS) is 10.8. The first kappa shape index (κ1) is 26.9. The fourth-order valence-corrected chi connectivity index (χ4v) is 3.17. The molecule has 0 radical (unpaired) electrons. The fraction of sp³-hybridized carbons (Fsp3) is 0.917. The average molecular weight is 399 g/mol. The maximum Gasteiger partial charge on any atom is 0.305 e. The Morgan fingerprint density at radius 1 is 0.464 bits per heavy atom.